The number of halogens is 3. The molecule has 94 valence electrons. The van der Waals surface area contributed by atoms with Gasteiger partial charge in [-0.3, -0.25) is 9.36 Å². The lowest BCUT2D eigenvalue weighted by Gasteiger charge is -2.07. The predicted molar refractivity (Wildman–Crippen MR) is 69.5 cm³/mol. The lowest BCUT2D eigenvalue weighted by molar-refractivity contribution is 0.588. The molecule has 4 nitrogen and oxygen atoms in total. The summed E-state index contributed by atoms with van der Waals surface area (Å²) in [5.74, 6) is -0.561. The van der Waals surface area contributed by atoms with Crippen LogP contribution in [0.3, 0.4) is 0 Å². The van der Waals surface area contributed by atoms with Crippen molar-refractivity contribution in [2.24, 2.45) is 0 Å². The molecule has 0 aliphatic rings. The normalized spacial score (nSPS) is 10.6. The lowest BCUT2D eigenvalue weighted by atomic mass is 10.2. The Kier molecular flexibility index (Phi) is 3.68. The lowest BCUT2D eigenvalue weighted by Crippen LogP contribution is -2.35. The van der Waals surface area contributed by atoms with Gasteiger partial charge in [0.2, 0.25) is 0 Å². The Morgan fingerprint density at radius 2 is 2.11 bits per heavy atom. The molecule has 0 saturated carbocycles. The Hall–Kier alpha value is -1.40. The molecule has 0 bridgehead atoms. The third kappa shape index (κ3) is 2.39. The number of nitrogens with zero attached hydrogens (tertiary/aromatic N) is 1. The van der Waals surface area contributed by atoms with Crippen LogP contribution >= 0.6 is 27.5 Å². The van der Waals surface area contributed by atoms with Crippen molar-refractivity contribution in [3.05, 3.63) is 66.1 Å². The van der Waals surface area contributed by atoms with E-state index < -0.39 is 17.1 Å². The fourth-order valence-electron chi connectivity index (χ4n) is 1.47. The van der Waals surface area contributed by atoms with E-state index in [4.69, 9.17) is 11.6 Å². The second kappa shape index (κ2) is 5.07. The number of hydrogen-bond donors (Lipinski definition) is 1. The Morgan fingerprint density at radius 3 is 2.78 bits per heavy atom. The van der Waals surface area contributed by atoms with Gasteiger partial charge in [-0.25, -0.2) is 9.18 Å². The van der Waals surface area contributed by atoms with Crippen molar-refractivity contribution in [2.75, 3.05) is 0 Å². The quantitative estimate of drug-likeness (QED) is 0.915. The van der Waals surface area contributed by atoms with E-state index >= 15 is 0 Å². The zero-order valence-corrected chi connectivity index (χ0v) is 11.3. The van der Waals surface area contributed by atoms with Crippen LogP contribution in [0.1, 0.15) is 5.56 Å². The van der Waals surface area contributed by atoms with Gasteiger partial charge in [-0.1, -0.05) is 17.7 Å². The second-order valence-electron chi connectivity index (χ2n) is 3.53. The monoisotopic (exact) mass is 332 g/mol. The number of hydrogen-bond acceptors (Lipinski definition) is 2. The maximum atomic E-state index is 13.6. The van der Waals surface area contributed by atoms with Crippen molar-refractivity contribution >= 4 is 27.5 Å². The van der Waals surface area contributed by atoms with Crippen LogP contribution in [-0.2, 0) is 6.54 Å². The highest BCUT2D eigenvalue weighted by molar-refractivity contribution is 9.10. The molecule has 0 unspecified atom stereocenters. The van der Waals surface area contributed by atoms with Gasteiger partial charge < -0.3 is 4.98 Å². The Labute approximate surface area is 114 Å². The molecule has 0 fully saturated rings. The van der Waals surface area contributed by atoms with Crippen molar-refractivity contribution in [1.29, 1.82) is 0 Å². The molecule has 1 heterocycles. The van der Waals surface area contributed by atoms with E-state index in [9.17, 15) is 14.0 Å². The number of aromatic nitrogens is 2. The highest BCUT2D eigenvalue weighted by Crippen LogP contribution is 2.19. The summed E-state index contributed by atoms with van der Waals surface area (Å²) >= 11 is 8.84. The van der Waals surface area contributed by atoms with Crippen LogP contribution in [-0.4, -0.2) is 9.55 Å². The summed E-state index contributed by atoms with van der Waals surface area (Å²) in [6, 6.07) is 4.17. The van der Waals surface area contributed by atoms with Gasteiger partial charge in [0.15, 0.2) is 0 Å². The fourth-order valence-corrected chi connectivity index (χ4v) is 2.02. The molecule has 0 radical (unpaired) electrons. The minimum Gasteiger partial charge on any atom is -0.313 e. The van der Waals surface area contributed by atoms with E-state index in [1.54, 1.807) is 0 Å². The maximum Gasteiger partial charge on any atom is 0.328 e. The van der Waals surface area contributed by atoms with Crippen LogP contribution in [0.15, 0.2) is 38.5 Å². The molecule has 0 amide bonds. The molecule has 1 aromatic heterocycles. The summed E-state index contributed by atoms with van der Waals surface area (Å²) in [5, 5.41) is 0.168. The number of H-pyrrole nitrogens is 1. The van der Waals surface area contributed by atoms with Gasteiger partial charge in [-0.2, -0.15) is 0 Å². The average Bonchev–Trinajstić information content (AvgIpc) is 2.33. The standard InChI is InChI=1S/C11H7BrClFN2O2/c12-7-4-15-11(18)16(10(7)17)5-6-8(13)2-1-3-9(6)14/h1-4H,5H2,(H,15,18). The van der Waals surface area contributed by atoms with Gasteiger partial charge in [0.05, 0.1) is 11.0 Å². The fraction of sp³-hybridized carbons (Fsp3) is 0.0909. The molecule has 2 rings (SSSR count). The number of nitrogens with one attached hydrogen (secondary N) is 1. The minimum atomic E-state index is -0.623. The molecule has 18 heavy (non-hydrogen) atoms. The van der Waals surface area contributed by atoms with Crippen molar-refractivity contribution < 1.29 is 4.39 Å². The highest BCUT2D eigenvalue weighted by Gasteiger charge is 2.11. The molecule has 7 heteroatoms. The van der Waals surface area contributed by atoms with Crippen LogP contribution in [0.25, 0.3) is 0 Å². The first kappa shape index (κ1) is 13.0. The van der Waals surface area contributed by atoms with E-state index in [0.29, 0.717) is 0 Å². The molecule has 1 N–H and O–H groups in total. The Bertz CT molecular complexity index is 691. The van der Waals surface area contributed by atoms with Gasteiger partial charge in [0.1, 0.15) is 5.82 Å². The van der Waals surface area contributed by atoms with E-state index in [1.165, 1.54) is 24.4 Å². The summed E-state index contributed by atoms with van der Waals surface area (Å²) in [5.41, 5.74) is -1.06. The van der Waals surface area contributed by atoms with Crippen LogP contribution in [0.2, 0.25) is 5.02 Å². The van der Waals surface area contributed by atoms with Gasteiger partial charge in [0, 0.05) is 16.8 Å². The molecule has 0 spiro atoms. The molecular weight excluding hydrogens is 326 g/mol. The van der Waals surface area contributed by atoms with E-state index in [1.807, 2.05) is 0 Å². The van der Waals surface area contributed by atoms with Gasteiger partial charge in [-0.15, -0.1) is 0 Å². The van der Waals surface area contributed by atoms with Crippen LogP contribution in [0.5, 0.6) is 0 Å². The molecule has 1 aromatic carbocycles. The Balaban J connectivity index is 2.57. The summed E-state index contributed by atoms with van der Waals surface area (Å²) < 4.78 is 14.6. The van der Waals surface area contributed by atoms with Crippen molar-refractivity contribution in [3.63, 3.8) is 0 Å². The van der Waals surface area contributed by atoms with Gasteiger partial charge in [0.25, 0.3) is 5.56 Å². The van der Waals surface area contributed by atoms with E-state index in [0.717, 1.165) is 4.57 Å². The predicted octanol–water partition coefficient (Wildman–Crippen LogP) is 2.14. The van der Waals surface area contributed by atoms with Crippen molar-refractivity contribution in [2.45, 2.75) is 6.54 Å². The van der Waals surface area contributed by atoms with E-state index in [-0.39, 0.29) is 21.6 Å². The zero-order valence-electron chi connectivity index (χ0n) is 8.91. The Morgan fingerprint density at radius 1 is 1.39 bits per heavy atom. The van der Waals surface area contributed by atoms with Crippen LogP contribution in [0, 0.1) is 5.82 Å². The first-order valence-corrected chi connectivity index (χ1v) is 6.08. The summed E-state index contributed by atoms with van der Waals surface area (Å²) in [6.45, 7) is -0.223. The summed E-state index contributed by atoms with van der Waals surface area (Å²) in [6.07, 6.45) is 1.24. The average molecular weight is 334 g/mol. The first-order chi connectivity index (χ1) is 8.50. The molecule has 0 aliphatic carbocycles. The summed E-state index contributed by atoms with van der Waals surface area (Å²) in [7, 11) is 0. The SMILES string of the molecule is O=c1[nH]cc(Br)c(=O)n1Cc1c(F)cccc1Cl. The molecular formula is C11H7BrClFN2O2. The minimum absolute atomic E-state index is 0.102. The summed E-state index contributed by atoms with van der Waals surface area (Å²) in [4.78, 5) is 25.7. The van der Waals surface area contributed by atoms with Crippen molar-refractivity contribution in [1.82, 2.24) is 9.55 Å². The van der Waals surface area contributed by atoms with Crippen molar-refractivity contribution in [3.8, 4) is 0 Å². The zero-order chi connectivity index (χ0) is 13.3. The highest BCUT2D eigenvalue weighted by atomic mass is 79.9. The molecule has 0 saturated heterocycles. The number of benzene rings is 1. The third-order valence-electron chi connectivity index (χ3n) is 2.39. The maximum absolute atomic E-state index is 13.6. The topological polar surface area (TPSA) is 54.9 Å². The third-order valence-corrected chi connectivity index (χ3v) is 3.32. The first-order valence-electron chi connectivity index (χ1n) is 4.91. The van der Waals surface area contributed by atoms with Crippen LogP contribution in [0.4, 0.5) is 4.39 Å². The number of aromatic amines is 1. The second-order valence-corrected chi connectivity index (χ2v) is 4.79. The number of rotatable bonds is 2. The largest absolute Gasteiger partial charge is 0.328 e. The van der Waals surface area contributed by atoms with E-state index in [2.05, 4.69) is 20.9 Å². The van der Waals surface area contributed by atoms with Crippen LogP contribution < -0.4 is 11.2 Å². The smallest absolute Gasteiger partial charge is 0.313 e. The molecule has 0 atom stereocenters. The van der Waals surface area contributed by atoms with Gasteiger partial charge in [-0.05, 0) is 28.1 Å². The van der Waals surface area contributed by atoms with Gasteiger partial charge >= 0.3 is 5.69 Å². The molecule has 0 aliphatic heterocycles. The molecule has 2 aromatic rings.